The summed E-state index contributed by atoms with van der Waals surface area (Å²) in [4.78, 5) is 4.11. The zero-order valence-corrected chi connectivity index (χ0v) is 10.4. The highest BCUT2D eigenvalue weighted by atomic mass is 79.9. The standard InChI is InChI=1S/C12H13BrN2O/c13-11-6-10(8-15-9-11)7-14-4-3-12-2-1-5-16-12/h1-2,5-6,8-9,14H,3-4,7H2. The molecule has 0 atom stereocenters. The lowest BCUT2D eigenvalue weighted by atomic mass is 10.3. The Morgan fingerprint density at radius 3 is 3.06 bits per heavy atom. The van der Waals surface area contributed by atoms with Gasteiger partial charge in [-0.25, -0.2) is 0 Å². The maximum Gasteiger partial charge on any atom is 0.105 e. The topological polar surface area (TPSA) is 38.1 Å². The van der Waals surface area contributed by atoms with E-state index in [0.29, 0.717) is 0 Å². The van der Waals surface area contributed by atoms with Crippen molar-refractivity contribution in [1.29, 1.82) is 0 Å². The maximum atomic E-state index is 5.25. The Morgan fingerprint density at radius 2 is 2.31 bits per heavy atom. The summed E-state index contributed by atoms with van der Waals surface area (Å²) in [5.41, 5.74) is 1.17. The number of halogens is 1. The fourth-order valence-electron chi connectivity index (χ4n) is 1.45. The molecule has 0 spiro atoms. The van der Waals surface area contributed by atoms with Crippen molar-refractivity contribution >= 4 is 15.9 Å². The van der Waals surface area contributed by atoms with Crippen molar-refractivity contribution in [2.75, 3.05) is 6.54 Å². The first-order chi connectivity index (χ1) is 7.84. The Balaban J connectivity index is 1.72. The van der Waals surface area contributed by atoms with Crippen LogP contribution < -0.4 is 5.32 Å². The third-order valence-corrected chi connectivity index (χ3v) is 2.65. The zero-order chi connectivity index (χ0) is 11.2. The van der Waals surface area contributed by atoms with Crippen LogP contribution in [0.5, 0.6) is 0 Å². The highest BCUT2D eigenvalue weighted by Gasteiger charge is 1.97. The predicted octanol–water partition coefficient (Wildman–Crippen LogP) is 2.77. The molecular weight excluding hydrogens is 268 g/mol. The minimum Gasteiger partial charge on any atom is -0.469 e. The molecule has 16 heavy (non-hydrogen) atoms. The van der Waals surface area contributed by atoms with Crippen LogP contribution in [0.4, 0.5) is 0 Å². The van der Waals surface area contributed by atoms with Crippen LogP contribution in [0, 0.1) is 0 Å². The van der Waals surface area contributed by atoms with Crippen molar-refractivity contribution in [3.05, 3.63) is 52.7 Å². The van der Waals surface area contributed by atoms with Crippen molar-refractivity contribution in [2.45, 2.75) is 13.0 Å². The second kappa shape index (κ2) is 5.82. The van der Waals surface area contributed by atoms with Gasteiger partial charge in [0.15, 0.2) is 0 Å². The molecular formula is C12H13BrN2O. The molecule has 0 aliphatic carbocycles. The smallest absolute Gasteiger partial charge is 0.105 e. The molecule has 2 aromatic rings. The van der Waals surface area contributed by atoms with Crippen LogP contribution in [0.2, 0.25) is 0 Å². The molecule has 0 aromatic carbocycles. The molecule has 0 saturated carbocycles. The summed E-state index contributed by atoms with van der Waals surface area (Å²) in [6.07, 6.45) is 6.26. The number of furan rings is 1. The molecule has 2 rings (SSSR count). The van der Waals surface area contributed by atoms with E-state index in [9.17, 15) is 0 Å². The largest absolute Gasteiger partial charge is 0.469 e. The molecule has 0 amide bonds. The number of rotatable bonds is 5. The van der Waals surface area contributed by atoms with Gasteiger partial charge in [-0.1, -0.05) is 0 Å². The molecule has 4 heteroatoms. The van der Waals surface area contributed by atoms with Gasteiger partial charge in [0.1, 0.15) is 5.76 Å². The highest BCUT2D eigenvalue weighted by molar-refractivity contribution is 9.10. The van der Waals surface area contributed by atoms with Crippen molar-refractivity contribution < 1.29 is 4.42 Å². The van der Waals surface area contributed by atoms with Gasteiger partial charge in [0.25, 0.3) is 0 Å². The van der Waals surface area contributed by atoms with Crippen LogP contribution in [-0.2, 0) is 13.0 Å². The first kappa shape index (κ1) is 11.4. The fourth-order valence-corrected chi connectivity index (χ4v) is 1.86. The Morgan fingerprint density at radius 1 is 1.38 bits per heavy atom. The lowest BCUT2D eigenvalue weighted by Gasteiger charge is -2.03. The molecule has 0 aliphatic rings. The van der Waals surface area contributed by atoms with Gasteiger partial charge in [-0.15, -0.1) is 0 Å². The van der Waals surface area contributed by atoms with Crippen molar-refractivity contribution in [1.82, 2.24) is 10.3 Å². The molecule has 3 nitrogen and oxygen atoms in total. The lowest BCUT2D eigenvalue weighted by molar-refractivity contribution is 0.498. The quantitative estimate of drug-likeness (QED) is 0.856. The van der Waals surface area contributed by atoms with Crippen LogP contribution in [-0.4, -0.2) is 11.5 Å². The number of aromatic nitrogens is 1. The third kappa shape index (κ3) is 3.47. The number of hydrogen-bond donors (Lipinski definition) is 1. The third-order valence-electron chi connectivity index (χ3n) is 2.22. The first-order valence-electron chi connectivity index (χ1n) is 5.17. The van der Waals surface area contributed by atoms with Crippen molar-refractivity contribution in [3.63, 3.8) is 0 Å². The van der Waals surface area contributed by atoms with E-state index < -0.39 is 0 Å². The maximum absolute atomic E-state index is 5.25. The molecule has 1 N–H and O–H groups in total. The molecule has 84 valence electrons. The average molecular weight is 281 g/mol. The van der Waals surface area contributed by atoms with Gasteiger partial charge in [0, 0.05) is 36.4 Å². The van der Waals surface area contributed by atoms with Crippen molar-refractivity contribution in [3.8, 4) is 0 Å². The molecule has 0 radical (unpaired) electrons. The van der Waals surface area contributed by atoms with Crippen LogP contribution >= 0.6 is 15.9 Å². The van der Waals surface area contributed by atoms with Gasteiger partial charge in [-0.2, -0.15) is 0 Å². The molecule has 0 aliphatic heterocycles. The van der Waals surface area contributed by atoms with Gasteiger partial charge in [-0.3, -0.25) is 4.98 Å². The molecule has 2 aromatic heterocycles. The van der Waals surface area contributed by atoms with Gasteiger partial charge >= 0.3 is 0 Å². The van der Waals surface area contributed by atoms with Crippen molar-refractivity contribution in [2.24, 2.45) is 0 Å². The summed E-state index contributed by atoms with van der Waals surface area (Å²) in [5.74, 6) is 1.01. The lowest BCUT2D eigenvalue weighted by Crippen LogP contribution is -2.16. The van der Waals surface area contributed by atoms with E-state index in [1.54, 1.807) is 12.5 Å². The van der Waals surface area contributed by atoms with Crippen LogP contribution in [0.25, 0.3) is 0 Å². The van der Waals surface area contributed by atoms with E-state index in [1.807, 2.05) is 18.3 Å². The van der Waals surface area contributed by atoms with E-state index in [2.05, 4.69) is 32.3 Å². The van der Waals surface area contributed by atoms with Gasteiger partial charge < -0.3 is 9.73 Å². The number of hydrogen-bond acceptors (Lipinski definition) is 3. The summed E-state index contributed by atoms with van der Waals surface area (Å²) >= 11 is 3.40. The van der Waals surface area contributed by atoms with Gasteiger partial charge in [-0.05, 0) is 39.7 Å². The second-order valence-corrected chi connectivity index (χ2v) is 4.43. The Hall–Kier alpha value is -1.13. The molecule has 0 saturated heterocycles. The molecule has 0 fully saturated rings. The average Bonchev–Trinajstić information content (AvgIpc) is 2.77. The summed E-state index contributed by atoms with van der Waals surface area (Å²) in [6, 6.07) is 5.96. The summed E-state index contributed by atoms with van der Waals surface area (Å²) < 4.78 is 6.26. The van der Waals surface area contributed by atoms with E-state index in [1.165, 1.54) is 5.56 Å². The minimum absolute atomic E-state index is 0.827. The highest BCUT2D eigenvalue weighted by Crippen LogP contribution is 2.09. The summed E-state index contributed by atoms with van der Waals surface area (Å²) in [7, 11) is 0. The second-order valence-electron chi connectivity index (χ2n) is 3.52. The van der Waals surface area contributed by atoms with Crippen LogP contribution in [0.1, 0.15) is 11.3 Å². The number of nitrogens with zero attached hydrogens (tertiary/aromatic N) is 1. The number of nitrogens with one attached hydrogen (secondary N) is 1. The Labute approximate surface area is 103 Å². The summed E-state index contributed by atoms with van der Waals surface area (Å²) in [6.45, 7) is 1.73. The van der Waals surface area contributed by atoms with E-state index >= 15 is 0 Å². The van der Waals surface area contributed by atoms with Crippen LogP contribution in [0.15, 0.2) is 45.7 Å². The van der Waals surface area contributed by atoms with E-state index in [-0.39, 0.29) is 0 Å². The minimum atomic E-state index is 0.827. The fraction of sp³-hybridized carbons (Fsp3) is 0.250. The molecule has 0 unspecified atom stereocenters. The van der Waals surface area contributed by atoms with E-state index in [0.717, 1.165) is 29.7 Å². The first-order valence-corrected chi connectivity index (χ1v) is 5.96. The molecule has 0 bridgehead atoms. The van der Waals surface area contributed by atoms with E-state index in [4.69, 9.17) is 4.42 Å². The van der Waals surface area contributed by atoms with Gasteiger partial charge in [0.2, 0.25) is 0 Å². The SMILES string of the molecule is Brc1cncc(CNCCc2ccco2)c1. The Bertz CT molecular complexity index is 428. The monoisotopic (exact) mass is 280 g/mol. The molecule has 2 heterocycles. The predicted molar refractivity (Wildman–Crippen MR) is 66.1 cm³/mol. The number of pyridine rings is 1. The van der Waals surface area contributed by atoms with Crippen LogP contribution in [0.3, 0.4) is 0 Å². The zero-order valence-electron chi connectivity index (χ0n) is 8.82. The summed E-state index contributed by atoms with van der Waals surface area (Å²) in [5, 5.41) is 3.35. The normalized spacial score (nSPS) is 10.6. The Kier molecular flexibility index (Phi) is 4.13. The van der Waals surface area contributed by atoms with Gasteiger partial charge in [0.05, 0.1) is 6.26 Å².